The highest BCUT2D eigenvalue weighted by Gasteiger charge is 2.25. The van der Waals surface area contributed by atoms with E-state index >= 15 is 0 Å². The molecule has 3 N–H and O–H groups in total. The second kappa shape index (κ2) is 4.07. The maximum absolute atomic E-state index is 5.87. The summed E-state index contributed by atoms with van der Waals surface area (Å²) in [6.45, 7) is 0. The lowest BCUT2D eigenvalue weighted by atomic mass is 10.1. The van der Waals surface area contributed by atoms with Crippen LogP contribution in [-0.4, -0.2) is 16.3 Å². The molecule has 1 aliphatic rings. The fourth-order valence-electron chi connectivity index (χ4n) is 1.69. The van der Waals surface area contributed by atoms with E-state index in [1.807, 2.05) is 18.2 Å². The molecule has 0 spiro atoms. The third-order valence-corrected chi connectivity index (χ3v) is 3.21. The summed E-state index contributed by atoms with van der Waals surface area (Å²) in [4.78, 5) is 0. The number of benzene rings is 1. The van der Waals surface area contributed by atoms with Gasteiger partial charge < -0.3 is 10.5 Å². The van der Waals surface area contributed by atoms with E-state index in [0.717, 1.165) is 34.2 Å². The molecule has 3 rings (SSSR count). The summed E-state index contributed by atoms with van der Waals surface area (Å²) >= 11 is 3.46. The molecule has 0 saturated heterocycles. The van der Waals surface area contributed by atoms with Gasteiger partial charge in [-0.25, -0.2) is 0 Å². The van der Waals surface area contributed by atoms with E-state index in [9.17, 15) is 0 Å². The highest BCUT2D eigenvalue weighted by Crippen LogP contribution is 2.38. The third-order valence-electron chi connectivity index (χ3n) is 2.72. The number of aromatic nitrogens is 2. The first-order chi connectivity index (χ1) is 8.24. The zero-order chi connectivity index (χ0) is 11.8. The van der Waals surface area contributed by atoms with Crippen molar-refractivity contribution in [1.29, 1.82) is 0 Å². The molecule has 17 heavy (non-hydrogen) atoms. The Balaban J connectivity index is 2.06. The van der Waals surface area contributed by atoms with Gasteiger partial charge in [-0.05, 0) is 31.0 Å². The Kier molecular flexibility index (Phi) is 2.55. The average molecular weight is 294 g/mol. The molecule has 1 aromatic carbocycles. The van der Waals surface area contributed by atoms with Gasteiger partial charge in [-0.3, -0.25) is 5.10 Å². The molecule has 1 heterocycles. The van der Waals surface area contributed by atoms with Crippen LogP contribution < -0.4 is 10.5 Å². The van der Waals surface area contributed by atoms with Gasteiger partial charge in [-0.15, -0.1) is 0 Å². The zero-order valence-electron chi connectivity index (χ0n) is 9.11. The molecule has 0 unspecified atom stereocenters. The van der Waals surface area contributed by atoms with Crippen LogP contribution >= 0.6 is 15.9 Å². The van der Waals surface area contributed by atoms with Crippen LogP contribution in [0.25, 0.3) is 11.1 Å². The highest BCUT2D eigenvalue weighted by molar-refractivity contribution is 9.10. The van der Waals surface area contributed by atoms with Gasteiger partial charge in [0.2, 0.25) is 0 Å². The van der Waals surface area contributed by atoms with E-state index in [1.54, 1.807) is 6.20 Å². The van der Waals surface area contributed by atoms with Crippen molar-refractivity contribution >= 4 is 21.7 Å². The van der Waals surface area contributed by atoms with Crippen LogP contribution in [0.4, 0.5) is 5.82 Å². The Morgan fingerprint density at radius 2 is 2.18 bits per heavy atom. The number of nitrogen functional groups attached to an aromatic ring is 1. The van der Waals surface area contributed by atoms with Crippen molar-refractivity contribution < 1.29 is 4.74 Å². The number of anilines is 1. The molecule has 1 fully saturated rings. The Hall–Kier alpha value is -1.49. The number of ether oxygens (including phenoxy) is 1. The van der Waals surface area contributed by atoms with Crippen molar-refractivity contribution in [1.82, 2.24) is 10.2 Å². The smallest absolute Gasteiger partial charge is 0.127 e. The molecule has 88 valence electrons. The summed E-state index contributed by atoms with van der Waals surface area (Å²) in [6, 6.07) is 5.93. The molecule has 0 radical (unpaired) electrons. The third kappa shape index (κ3) is 2.15. The molecule has 1 aromatic heterocycles. The van der Waals surface area contributed by atoms with Crippen LogP contribution in [0.3, 0.4) is 0 Å². The van der Waals surface area contributed by atoms with E-state index in [2.05, 4.69) is 26.1 Å². The lowest BCUT2D eigenvalue weighted by Crippen LogP contribution is -1.98. The number of nitrogens with one attached hydrogen (secondary N) is 1. The topological polar surface area (TPSA) is 63.9 Å². The predicted molar refractivity (Wildman–Crippen MR) is 69.8 cm³/mol. The van der Waals surface area contributed by atoms with E-state index < -0.39 is 0 Å². The van der Waals surface area contributed by atoms with Crippen molar-refractivity contribution in [2.45, 2.75) is 18.9 Å². The Labute approximate surface area is 107 Å². The van der Waals surface area contributed by atoms with Crippen molar-refractivity contribution in [3.8, 4) is 16.9 Å². The van der Waals surface area contributed by atoms with Gasteiger partial charge in [0.05, 0.1) is 12.3 Å². The number of hydrogen-bond donors (Lipinski definition) is 2. The zero-order valence-corrected chi connectivity index (χ0v) is 10.7. The molecule has 0 aliphatic heterocycles. The summed E-state index contributed by atoms with van der Waals surface area (Å²) in [5.74, 6) is 1.42. The quantitative estimate of drug-likeness (QED) is 0.914. The summed E-state index contributed by atoms with van der Waals surface area (Å²) in [7, 11) is 0. The Morgan fingerprint density at radius 3 is 2.82 bits per heavy atom. The van der Waals surface area contributed by atoms with Crippen molar-refractivity contribution in [3.05, 3.63) is 28.9 Å². The Morgan fingerprint density at radius 1 is 1.35 bits per heavy atom. The van der Waals surface area contributed by atoms with Crippen LogP contribution in [-0.2, 0) is 0 Å². The van der Waals surface area contributed by atoms with E-state index in [0.29, 0.717) is 11.9 Å². The standard InChI is InChI=1S/C12H12BrN3O/c13-7-1-4-11(17-8-2-3-8)9(5-7)10-6-15-16-12(10)14/h1,4-6,8H,2-3H2,(H3,14,15,16). The molecular formula is C12H12BrN3O. The minimum atomic E-state index is 0.364. The molecule has 4 nitrogen and oxygen atoms in total. The van der Waals surface area contributed by atoms with E-state index in [4.69, 9.17) is 10.5 Å². The second-order valence-corrected chi connectivity index (χ2v) is 5.07. The maximum atomic E-state index is 5.87. The van der Waals surface area contributed by atoms with E-state index in [-0.39, 0.29) is 0 Å². The molecule has 0 amide bonds. The number of hydrogen-bond acceptors (Lipinski definition) is 3. The minimum absolute atomic E-state index is 0.364. The molecule has 5 heteroatoms. The molecule has 0 atom stereocenters. The molecule has 2 aromatic rings. The number of nitrogens with two attached hydrogens (primary N) is 1. The fourth-order valence-corrected chi connectivity index (χ4v) is 2.05. The number of rotatable bonds is 3. The van der Waals surface area contributed by atoms with Gasteiger partial charge in [0.15, 0.2) is 0 Å². The average Bonchev–Trinajstić information content (AvgIpc) is 3.02. The predicted octanol–water partition coefficient (Wildman–Crippen LogP) is 2.96. The van der Waals surface area contributed by atoms with Crippen LogP contribution in [0.15, 0.2) is 28.9 Å². The normalized spacial score (nSPS) is 14.9. The summed E-state index contributed by atoms with van der Waals surface area (Å²) in [5, 5.41) is 6.68. The summed E-state index contributed by atoms with van der Waals surface area (Å²) < 4.78 is 6.87. The fraction of sp³-hybridized carbons (Fsp3) is 0.250. The van der Waals surface area contributed by atoms with Crippen LogP contribution in [0.1, 0.15) is 12.8 Å². The SMILES string of the molecule is Nc1[nH]ncc1-c1cc(Br)ccc1OC1CC1. The summed E-state index contributed by atoms with van der Waals surface area (Å²) in [6.07, 6.45) is 4.35. The van der Waals surface area contributed by atoms with Gasteiger partial charge >= 0.3 is 0 Å². The van der Waals surface area contributed by atoms with Crippen molar-refractivity contribution in [3.63, 3.8) is 0 Å². The van der Waals surface area contributed by atoms with Crippen LogP contribution in [0.2, 0.25) is 0 Å². The van der Waals surface area contributed by atoms with E-state index in [1.165, 1.54) is 0 Å². The maximum Gasteiger partial charge on any atom is 0.127 e. The number of H-pyrrole nitrogens is 1. The van der Waals surface area contributed by atoms with Crippen LogP contribution in [0.5, 0.6) is 5.75 Å². The molecule has 0 bridgehead atoms. The summed E-state index contributed by atoms with van der Waals surface area (Å²) in [5.41, 5.74) is 7.70. The highest BCUT2D eigenvalue weighted by atomic mass is 79.9. The molecule has 1 saturated carbocycles. The minimum Gasteiger partial charge on any atom is -0.490 e. The number of nitrogens with zero attached hydrogens (tertiary/aromatic N) is 1. The lowest BCUT2D eigenvalue weighted by molar-refractivity contribution is 0.304. The largest absolute Gasteiger partial charge is 0.490 e. The number of aromatic amines is 1. The first kappa shape index (κ1) is 10.7. The monoisotopic (exact) mass is 293 g/mol. The Bertz CT molecular complexity index is 548. The molecular weight excluding hydrogens is 282 g/mol. The first-order valence-corrected chi connectivity index (χ1v) is 6.29. The number of halogens is 1. The van der Waals surface area contributed by atoms with Crippen molar-refractivity contribution in [2.24, 2.45) is 0 Å². The van der Waals surface area contributed by atoms with Gasteiger partial charge in [-0.1, -0.05) is 15.9 Å². The van der Waals surface area contributed by atoms with Gasteiger partial charge in [0, 0.05) is 15.6 Å². The first-order valence-electron chi connectivity index (χ1n) is 5.49. The van der Waals surface area contributed by atoms with Crippen molar-refractivity contribution in [2.75, 3.05) is 5.73 Å². The second-order valence-electron chi connectivity index (χ2n) is 4.16. The lowest BCUT2D eigenvalue weighted by Gasteiger charge is -2.10. The van der Waals surface area contributed by atoms with Gasteiger partial charge in [-0.2, -0.15) is 5.10 Å². The van der Waals surface area contributed by atoms with Crippen LogP contribution in [0, 0.1) is 0 Å². The van der Waals surface area contributed by atoms with Gasteiger partial charge in [0.1, 0.15) is 11.6 Å². The van der Waals surface area contributed by atoms with Gasteiger partial charge in [0.25, 0.3) is 0 Å². The molecule has 1 aliphatic carbocycles.